The Morgan fingerprint density at radius 1 is 1.09 bits per heavy atom. The molecule has 4 aliphatic rings. The fourth-order valence-electron chi connectivity index (χ4n) is 7.97. The summed E-state index contributed by atoms with van der Waals surface area (Å²) in [5.74, 6) is 0.250. The van der Waals surface area contributed by atoms with Crippen LogP contribution in [-0.2, 0) is 4.74 Å². The van der Waals surface area contributed by atoms with E-state index in [-0.39, 0.29) is 46.9 Å². The van der Waals surface area contributed by atoms with Crippen molar-refractivity contribution in [3.8, 4) is 17.3 Å². The highest BCUT2D eigenvalue weighted by Gasteiger charge is 2.46. The normalized spacial score (nSPS) is 22.8. The van der Waals surface area contributed by atoms with Gasteiger partial charge in [-0.1, -0.05) is 13.8 Å². The first-order chi connectivity index (χ1) is 21.5. The number of pyridine rings is 2. The fourth-order valence-corrected chi connectivity index (χ4v) is 7.97. The molecule has 2 unspecified atom stereocenters. The van der Waals surface area contributed by atoms with Crippen molar-refractivity contribution in [3.63, 3.8) is 0 Å². The van der Waals surface area contributed by atoms with Gasteiger partial charge >= 0.3 is 12.1 Å². The standard InChI is InChI=1S/C34H44FN7O3/c1-21(2)24-10-13-36-16-25(24)28-27(35)29-26(17-37-28)30(39-31(38-29)44-20-34-11-6-14-41(34)15-7-12-34)40-18-22-8-9-23(19-40)42(22)32(43)45-33(3,4)5/h10,13,16-17,21-23H,6-9,11-12,14-15,18-20H2,1-5H3. The molecular formula is C34H44FN7O3. The van der Waals surface area contributed by atoms with E-state index < -0.39 is 11.4 Å². The minimum Gasteiger partial charge on any atom is -0.461 e. The zero-order valence-corrected chi connectivity index (χ0v) is 27.1. The number of halogens is 1. The van der Waals surface area contributed by atoms with Crippen LogP contribution in [0.5, 0.6) is 6.01 Å². The van der Waals surface area contributed by atoms with Gasteiger partial charge in [0.2, 0.25) is 0 Å². The second-order valence-corrected chi connectivity index (χ2v) is 14.5. The molecule has 0 saturated carbocycles. The summed E-state index contributed by atoms with van der Waals surface area (Å²) in [5.41, 5.74) is 1.47. The van der Waals surface area contributed by atoms with Crippen molar-refractivity contribution in [2.75, 3.05) is 37.7 Å². The lowest BCUT2D eigenvalue weighted by atomic mass is 9.95. The molecule has 11 heteroatoms. The molecule has 4 aliphatic heterocycles. The van der Waals surface area contributed by atoms with Gasteiger partial charge in [0.1, 0.15) is 29.2 Å². The maximum absolute atomic E-state index is 16.6. The number of piperazine rings is 1. The van der Waals surface area contributed by atoms with Gasteiger partial charge in [-0.25, -0.2) is 9.18 Å². The number of ether oxygens (including phenoxy) is 2. The summed E-state index contributed by atoms with van der Waals surface area (Å²) in [4.78, 5) is 38.3. The Labute approximate surface area is 264 Å². The second-order valence-electron chi connectivity index (χ2n) is 14.5. The van der Waals surface area contributed by atoms with E-state index in [1.165, 1.54) is 0 Å². The summed E-state index contributed by atoms with van der Waals surface area (Å²) >= 11 is 0. The predicted octanol–water partition coefficient (Wildman–Crippen LogP) is 5.94. The van der Waals surface area contributed by atoms with Crippen LogP contribution in [0.2, 0.25) is 0 Å². The van der Waals surface area contributed by atoms with Crippen molar-refractivity contribution in [3.05, 3.63) is 36.0 Å². The maximum atomic E-state index is 16.6. The Kier molecular flexibility index (Phi) is 7.57. The average molecular weight is 618 g/mol. The van der Waals surface area contributed by atoms with Gasteiger partial charge in [-0.3, -0.25) is 19.8 Å². The molecule has 3 aromatic rings. The number of carbonyl (C=O) groups is 1. The van der Waals surface area contributed by atoms with Gasteiger partial charge in [0, 0.05) is 37.2 Å². The van der Waals surface area contributed by atoms with Crippen LogP contribution in [0, 0.1) is 5.82 Å². The van der Waals surface area contributed by atoms with E-state index in [1.807, 2.05) is 31.7 Å². The molecule has 10 nitrogen and oxygen atoms in total. The van der Waals surface area contributed by atoms with Crippen molar-refractivity contribution in [1.29, 1.82) is 0 Å². The third kappa shape index (κ3) is 5.47. The number of fused-ring (bicyclic) bond motifs is 4. The Morgan fingerprint density at radius 2 is 1.80 bits per heavy atom. The number of aromatic nitrogens is 4. The van der Waals surface area contributed by atoms with Gasteiger partial charge in [-0.15, -0.1) is 0 Å². The molecule has 0 N–H and O–H groups in total. The Balaban J connectivity index is 1.27. The monoisotopic (exact) mass is 617 g/mol. The Bertz CT molecular complexity index is 1580. The number of nitrogens with zero attached hydrogens (tertiary/aromatic N) is 7. The highest BCUT2D eigenvalue weighted by atomic mass is 19.1. The van der Waals surface area contributed by atoms with Gasteiger partial charge in [0.15, 0.2) is 5.82 Å². The van der Waals surface area contributed by atoms with Crippen LogP contribution >= 0.6 is 0 Å². The summed E-state index contributed by atoms with van der Waals surface area (Å²) in [7, 11) is 0. The third-order valence-corrected chi connectivity index (χ3v) is 10.0. The molecule has 0 aliphatic carbocycles. The average Bonchev–Trinajstić information content (AvgIpc) is 3.66. The van der Waals surface area contributed by atoms with E-state index in [4.69, 9.17) is 19.4 Å². The summed E-state index contributed by atoms with van der Waals surface area (Å²) in [6.07, 6.45) is 11.0. The van der Waals surface area contributed by atoms with Crippen molar-refractivity contribution >= 4 is 22.8 Å². The molecule has 0 aromatic carbocycles. The number of carbonyl (C=O) groups excluding carboxylic acids is 1. The van der Waals surface area contributed by atoms with Gasteiger partial charge in [0.25, 0.3) is 0 Å². The van der Waals surface area contributed by atoms with Crippen LogP contribution < -0.4 is 9.64 Å². The molecule has 4 saturated heterocycles. The minimum absolute atomic E-state index is 0.000449. The largest absolute Gasteiger partial charge is 0.461 e. The molecule has 7 heterocycles. The van der Waals surface area contributed by atoms with Crippen LogP contribution in [0.15, 0.2) is 24.7 Å². The zero-order valence-electron chi connectivity index (χ0n) is 27.1. The molecule has 2 atom stereocenters. The number of amides is 1. The van der Waals surface area contributed by atoms with Crippen molar-refractivity contribution in [2.45, 2.75) is 102 Å². The second kappa shape index (κ2) is 11.3. The first-order valence-corrected chi connectivity index (χ1v) is 16.5. The van der Waals surface area contributed by atoms with Gasteiger partial charge < -0.3 is 14.4 Å². The fraction of sp³-hybridized carbons (Fsp3) is 0.618. The molecule has 7 rings (SSSR count). The SMILES string of the molecule is CC(C)c1ccncc1-c1ncc2c(N3CC4CCC(C3)N4C(=O)OC(C)(C)C)nc(OCC34CCCN3CCC4)nc2c1F. The molecule has 240 valence electrons. The van der Waals surface area contributed by atoms with Crippen LogP contribution in [-0.4, -0.2) is 91.8 Å². The summed E-state index contributed by atoms with van der Waals surface area (Å²) < 4.78 is 28.8. The number of hydrogen-bond donors (Lipinski definition) is 0. The van der Waals surface area contributed by atoms with Crippen LogP contribution in [0.25, 0.3) is 22.2 Å². The first kappa shape index (κ1) is 30.1. The zero-order chi connectivity index (χ0) is 31.5. The molecule has 2 bridgehead atoms. The van der Waals surface area contributed by atoms with Crippen molar-refractivity contribution in [1.82, 2.24) is 29.7 Å². The van der Waals surface area contributed by atoms with E-state index in [2.05, 4.69) is 33.6 Å². The quantitative estimate of drug-likeness (QED) is 0.333. The molecule has 1 amide bonds. The van der Waals surface area contributed by atoms with E-state index in [1.54, 1.807) is 18.6 Å². The molecule has 45 heavy (non-hydrogen) atoms. The number of anilines is 1. The van der Waals surface area contributed by atoms with Crippen molar-refractivity contribution in [2.24, 2.45) is 0 Å². The van der Waals surface area contributed by atoms with Crippen LogP contribution in [0.3, 0.4) is 0 Å². The number of hydrogen-bond acceptors (Lipinski definition) is 9. The molecule has 0 spiro atoms. The molecule has 3 aromatic heterocycles. The molecule has 4 fully saturated rings. The van der Waals surface area contributed by atoms with Gasteiger partial charge in [-0.2, -0.15) is 9.97 Å². The molecular weight excluding hydrogens is 573 g/mol. The topological polar surface area (TPSA) is 96.8 Å². The van der Waals surface area contributed by atoms with Gasteiger partial charge in [-0.05, 0) is 89.9 Å². The van der Waals surface area contributed by atoms with Crippen LogP contribution in [0.1, 0.15) is 84.6 Å². The van der Waals surface area contributed by atoms with Crippen molar-refractivity contribution < 1.29 is 18.7 Å². The van der Waals surface area contributed by atoms with E-state index in [9.17, 15) is 4.79 Å². The Morgan fingerprint density at radius 3 is 2.47 bits per heavy atom. The smallest absolute Gasteiger partial charge is 0.410 e. The minimum atomic E-state index is -0.568. The van der Waals surface area contributed by atoms with E-state index in [0.717, 1.165) is 57.2 Å². The highest BCUT2D eigenvalue weighted by Crippen LogP contribution is 2.41. The maximum Gasteiger partial charge on any atom is 0.410 e. The third-order valence-electron chi connectivity index (χ3n) is 10.0. The van der Waals surface area contributed by atoms with E-state index in [0.29, 0.717) is 36.5 Å². The lowest BCUT2D eigenvalue weighted by molar-refractivity contribution is 0.0122. The summed E-state index contributed by atoms with van der Waals surface area (Å²) in [5, 5.41) is 0.533. The summed E-state index contributed by atoms with van der Waals surface area (Å²) in [6, 6.07) is 2.04. The highest BCUT2D eigenvalue weighted by molar-refractivity contribution is 5.92. The van der Waals surface area contributed by atoms with E-state index >= 15 is 4.39 Å². The predicted molar refractivity (Wildman–Crippen MR) is 170 cm³/mol. The van der Waals surface area contributed by atoms with Crippen LogP contribution in [0.4, 0.5) is 15.0 Å². The lowest BCUT2D eigenvalue weighted by Crippen LogP contribution is -2.57. The Hall–Kier alpha value is -3.60. The molecule has 0 radical (unpaired) electrons. The summed E-state index contributed by atoms with van der Waals surface area (Å²) in [6.45, 7) is 13.6. The first-order valence-electron chi connectivity index (χ1n) is 16.5. The number of rotatable bonds is 6. The lowest BCUT2D eigenvalue weighted by Gasteiger charge is -2.42. The van der Waals surface area contributed by atoms with Gasteiger partial charge in [0.05, 0.1) is 23.0 Å².